The minimum Gasteiger partial charge on any atom is -0.258 e. The Labute approximate surface area is 82.9 Å². The van der Waals surface area contributed by atoms with E-state index in [9.17, 15) is 10.1 Å². The monoisotopic (exact) mass is 191 g/mol. The van der Waals surface area contributed by atoms with Crippen molar-refractivity contribution < 1.29 is 4.92 Å². The van der Waals surface area contributed by atoms with Gasteiger partial charge in [0.1, 0.15) is 0 Å². The topological polar surface area (TPSA) is 43.1 Å². The predicted molar refractivity (Wildman–Crippen MR) is 54.5 cm³/mol. The second-order valence-corrected chi connectivity index (χ2v) is 4.11. The van der Waals surface area contributed by atoms with Gasteiger partial charge in [-0.1, -0.05) is 19.9 Å². The summed E-state index contributed by atoms with van der Waals surface area (Å²) in [6, 6.07) is 5.23. The van der Waals surface area contributed by atoms with E-state index in [0.717, 1.165) is 12.0 Å². The number of nitro groups is 1. The molecule has 14 heavy (non-hydrogen) atoms. The zero-order valence-electron chi connectivity index (χ0n) is 8.36. The molecule has 0 saturated carbocycles. The molecule has 2 atom stereocenters. The van der Waals surface area contributed by atoms with Gasteiger partial charge >= 0.3 is 0 Å². The number of non-ortho nitro benzene ring substituents is 1. The molecule has 0 aliphatic heterocycles. The van der Waals surface area contributed by atoms with Crippen LogP contribution in [0, 0.1) is 10.1 Å². The van der Waals surface area contributed by atoms with E-state index in [0.29, 0.717) is 11.8 Å². The van der Waals surface area contributed by atoms with E-state index in [1.54, 1.807) is 12.1 Å². The largest absolute Gasteiger partial charge is 0.269 e. The zero-order valence-corrected chi connectivity index (χ0v) is 8.36. The first-order valence-corrected chi connectivity index (χ1v) is 4.88. The fourth-order valence-electron chi connectivity index (χ4n) is 2.34. The molecule has 1 aliphatic rings. The number of hydrogen-bond donors (Lipinski definition) is 0. The minimum atomic E-state index is -0.323. The second-order valence-electron chi connectivity index (χ2n) is 4.11. The van der Waals surface area contributed by atoms with Crippen molar-refractivity contribution in [3.63, 3.8) is 0 Å². The average Bonchev–Trinajstić information content (AvgIpc) is 2.42. The second kappa shape index (κ2) is 3.08. The van der Waals surface area contributed by atoms with Crippen LogP contribution in [0.25, 0.3) is 0 Å². The summed E-state index contributed by atoms with van der Waals surface area (Å²) < 4.78 is 0. The van der Waals surface area contributed by atoms with Crippen molar-refractivity contribution in [2.75, 3.05) is 0 Å². The first kappa shape index (κ1) is 9.19. The Balaban J connectivity index is 2.50. The lowest BCUT2D eigenvalue weighted by molar-refractivity contribution is -0.384. The van der Waals surface area contributed by atoms with Crippen molar-refractivity contribution in [3.8, 4) is 0 Å². The highest BCUT2D eigenvalue weighted by Crippen LogP contribution is 2.42. The van der Waals surface area contributed by atoms with Crippen LogP contribution in [0.2, 0.25) is 0 Å². The molecule has 1 aromatic rings. The molecule has 2 rings (SSSR count). The number of nitro benzene ring substituents is 1. The van der Waals surface area contributed by atoms with Crippen LogP contribution >= 0.6 is 0 Å². The predicted octanol–water partition coefficient (Wildman–Crippen LogP) is 3.21. The molecule has 1 aromatic carbocycles. The Morgan fingerprint density at radius 3 is 2.57 bits per heavy atom. The van der Waals surface area contributed by atoms with Crippen molar-refractivity contribution in [1.29, 1.82) is 0 Å². The first-order chi connectivity index (χ1) is 6.59. The molecule has 0 spiro atoms. The molecule has 0 radical (unpaired) electrons. The van der Waals surface area contributed by atoms with E-state index in [1.165, 1.54) is 5.56 Å². The van der Waals surface area contributed by atoms with Crippen molar-refractivity contribution in [2.24, 2.45) is 0 Å². The van der Waals surface area contributed by atoms with Gasteiger partial charge in [0.2, 0.25) is 0 Å². The normalized spacial score (nSPS) is 24.7. The Morgan fingerprint density at radius 1 is 1.29 bits per heavy atom. The van der Waals surface area contributed by atoms with Crippen LogP contribution < -0.4 is 0 Å². The maximum Gasteiger partial charge on any atom is 0.269 e. The maximum absolute atomic E-state index is 10.6. The van der Waals surface area contributed by atoms with Crippen LogP contribution in [0.3, 0.4) is 0 Å². The Bertz CT molecular complexity index is 387. The lowest BCUT2D eigenvalue weighted by atomic mass is 10.0. The van der Waals surface area contributed by atoms with Crippen LogP contribution in [0.1, 0.15) is 43.2 Å². The molecule has 3 nitrogen and oxygen atoms in total. The molecular formula is C11H13NO2. The molecule has 0 saturated heterocycles. The summed E-state index contributed by atoms with van der Waals surface area (Å²) in [6.45, 7) is 4.31. The molecular weight excluding hydrogens is 178 g/mol. The summed E-state index contributed by atoms with van der Waals surface area (Å²) in [4.78, 5) is 10.3. The molecule has 0 fully saturated rings. The van der Waals surface area contributed by atoms with Crippen LogP contribution in [-0.4, -0.2) is 4.92 Å². The average molecular weight is 191 g/mol. The minimum absolute atomic E-state index is 0.213. The summed E-state index contributed by atoms with van der Waals surface area (Å²) >= 11 is 0. The summed E-state index contributed by atoms with van der Waals surface area (Å²) in [5.74, 6) is 1.00. The van der Waals surface area contributed by atoms with Crippen LogP contribution in [0.5, 0.6) is 0 Å². The zero-order chi connectivity index (χ0) is 10.3. The number of benzene rings is 1. The first-order valence-electron chi connectivity index (χ1n) is 4.88. The van der Waals surface area contributed by atoms with Gasteiger partial charge in [-0.05, 0) is 29.4 Å². The van der Waals surface area contributed by atoms with Gasteiger partial charge in [-0.25, -0.2) is 0 Å². The van der Waals surface area contributed by atoms with Gasteiger partial charge in [0.25, 0.3) is 5.69 Å². The Morgan fingerprint density at radius 2 is 1.93 bits per heavy atom. The van der Waals surface area contributed by atoms with Gasteiger partial charge in [-0.2, -0.15) is 0 Å². The number of nitrogens with zero attached hydrogens (tertiary/aromatic N) is 1. The van der Waals surface area contributed by atoms with Crippen LogP contribution in [0.15, 0.2) is 18.2 Å². The van der Waals surface area contributed by atoms with Gasteiger partial charge in [0, 0.05) is 12.1 Å². The molecule has 0 aromatic heterocycles. The van der Waals surface area contributed by atoms with Crippen LogP contribution in [0.4, 0.5) is 5.69 Å². The molecule has 0 amide bonds. The summed E-state index contributed by atoms with van der Waals surface area (Å²) in [7, 11) is 0. The van der Waals surface area contributed by atoms with Crippen molar-refractivity contribution in [3.05, 3.63) is 39.4 Å². The molecule has 0 N–H and O–H groups in total. The van der Waals surface area contributed by atoms with E-state index in [1.807, 2.05) is 6.07 Å². The van der Waals surface area contributed by atoms with Gasteiger partial charge < -0.3 is 0 Å². The summed E-state index contributed by atoms with van der Waals surface area (Å²) in [5.41, 5.74) is 2.65. The van der Waals surface area contributed by atoms with E-state index < -0.39 is 0 Å². The third-order valence-corrected chi connectivity index (χ3v) is 3.05. The Kier molecular flexibility index (Phi) is 2.02. The standard InChI is InChI=1S/C11H13NO2/c1-7-5-8(2)11-6-9(12(13)14)3-4-10(7)11/h3-4,6-8H,5H2,1-2H3. The van der Waals surface area contributed by atoms with Crippen molar-refractivity contribution in [1.82, 2.24) is 0 Å². The van der Waals surface area contributed by atoms with Gasteiger partial charge in [-0.15, -0.1) is 0 Å². The van der Waals surface area contributed by atoms with Crippen molar-refractivity contribution in [2.45, 2.75) is 32.1 Å². The highest BCUT2D eigenvalue weighted by molar-refractivity contribution is 5.45. The maximum atomic E-state index is 10.6. The lowest BCUT2D eigenvalue weighted by Crippen LogP contribution is -1.92. The molecule has 74 valence electrons. The number of fused-ring (bicyclic) bond motifs is 1. The highest BCUT2D eigenvalue weighted by atomic mass is 16.6. The van der Waals surface area contributed by atoms with E-state index in [2.05, 4.69) is 13.8 Å². The fraction of sp³-hybridized carbons (Fsp3) is 0.455. The van der Waals surface area contributed by atoms with E-state index >= 15 is 0 Å². The third-order valence-electron chi connectivity index (χ3n) is 3.05. The summed E-state index contributed by atoms with van der Waals surface area (Å²) in [6.07, 6.45) is 1.11. The summed E-state index contributed by atoms with van der Waals surface area (Å²) in [5, 5.41) is 10.6. The van der Waals surface area contributed by atoms with E-state index in [-0.39, 0.29) is 10.6 Å². The molecule has 3 heteroatoms. The van der Waals surface area contributed by atoms with Crippen LogP contribution in [-0.2, 0) is 0 Å². The quantitative estimate of drug-likeness (QED) is 0.505. The number of hydrogen-bond acceptors (Lipinski definition) is 2. The smallest absolute Gasteiger partial charge is 0.258 e. The van der Waals surface area contributed by atoms with Crippen molar-refractivity contribution >= 4 is 5.69 Å². The number of rotatable bonds is 1. The molecule has 2 unspecified atom stereocenters. The highest BCUT2D eigenvalue weighted by Gasteiger charge is 2.26. The van der Waals surface area contributed by atoms with E-state index in [4.69, 9.17) is 0 Å². The van der Waals surface area contributed by atoms with Gasteiger partial charge in [-0.3, -0.25) is 10.1 Å². The van der Waals surface area contributed by atoms with Gasteiger partial charge in [0.15, 0.2) is 0 Å². The lowest BCUT2D eigenvalue weighted by Gasteiger charge is -2.03. The molecule has 0 heterocycles. The Hall–Kier alpha value is -1.38. The third kappa shape index (κ3) is 1.29. The SMILES string of the molecule is CC1CC(C)c2cc([N+](=O)[O-])ccc21. The molecule has 0 bridgehead atoms. The van der Waals surface area contributed by atoms with Gasteiger partial charge in [0.05, 0.1) is 4.92 Å². The molecule has 1 aliphatic carbocycles. The fourth-order valence-corrected chi connectivity index (χ4v) is 2.34.